The summed E-state index contributed by atoms with van der Waals surface area (Å²) in [5.74, 6) is 0. The summed E-state index contributed by atoms with van der Waals surface area (Å²) in [6, 6.07) is 15.9. The minimum atomic E-state index is -1.40. The molecule has 16 heavy (non-hydrogen) atoms. The SMILES string of the molecule is Cc1ccc2c(c1)-c1ccccc1[Si]2(C)C. The standard InChI is InChI=1S/C15H16Si/c1-11-8-9-15-13(10-11)12-6-4-5-7-14(12)16(15,2)3/h4-10H,1-3H3. The quantitative estimate of drug-likeness (QED) is 0.604. The molecule has 0 saturated carbocycles. The van der Waals surface area contributed by atoms with E-state index in [0.717, 1.165) is 0 Å². The Hall–Kier alpha value is -1.34. The van der Waals surface area contributed by atoms with Crippen molar-refractivity contribution in [2.45, 2.75) is 20.0 Å². The molecule has 0 N–H and O–H groups in total. The number of hydrogen-bond acceptors (Lipinski definition) is 0. The van der Waals surface area contributed by atoms with Crippen LogP contribution in [0.5, 0.6) is 0 Å². The van der Waals surface area contributed by atoms with Crippen molar-refractivity contribution in [1.82, 2.24) is 0 Å². The minimum absolute atomic E-state index is 1.36. The average molecular weight is 224 g/mol. The first-order valence-corrected chi connectivity index (χ1v) is 8.82. The maximum absolute atomic E-state index is 2.45. The van der Waals surface area contributed by atoms with Gasteiger partial charge in [-0.1, -0.05) is 61.1 Å². The molecule has 1 heteroatoms. The van der Waals surface area contributed by atoms with E-state index in [1.807, 2.05) is 0 Å². The summed E-state index contributed by atoms with van der Waals surface area (Å²) in [4.78, 5) is 0. The number of fused-ring (bicyclic) bond motifs is 3. The zero-order valence-corrected chi connectivity index (χ0v) is 11.0. The number of hydrogen-bond donors (Lipinski definition) is 0. The van der Waals surface area contributed by atoms with Gasteiger partial charge in [0.1, 0.15) is 8.07 Å². The van der Waals surface area contributed by atoms with Crippen molar-refractivity contribution in [3.05, 3.63) is 48.0 Å². The summed E-state index contributed by atoms with van der Waals surface area (Å²) in [7, 11) is -1.40. The van der Waals surface area contributed by atoms with Gasteiger partial charge in [-0.3, -0.25) is 0 Å². The zero-order chi connectivity index (χ0) is 11.3. The lowest BCUT2D eigenvalue weighted by Gasteiger charge is -2.18. The lowest BCUT2D eigenvalue weighted by molar-refractivity contribution is 1.49. The maximum Gasteiger partial charge on any atom is 0.113 e. The van der Waals surface area contributed by atoms with E-state index in [2.05, 4.69) is 62.5 Å². The van der Waals surface area contributed by atoms with Gasteiger partial charge in [0.05, 0.1) is 0 Å². The van der Waals surface area contributed by atoms with E-state index in [1.165, 1.54) is 16.7 Å². The Morgan fingerprint density at radius 1 is 0.812 bits per heavy atom. The van der Waals surface area contributed by atoms with Crippen molar-refractivity contribution in [1.29, 1.82) is 0 Å². The third kappa shape index (κ3) is 1.15. The molecule has 0 aliphatic carbocycles. The molecule has 0 atom stereocenters. The van der Waals surface area contributed by atoms with Crippen LogP contribution in [0.3, 0.4) is 0 Å². The molecule has 0 nitrogen and oxygen atoms in total. The van der Waals surface area contributed by atoms with Crippen LogP contribution in [0.25, 0.3) is 11.1 Å². The predicted octanol–water partition coefficient (Wildman–Crippen LogP) is 2.80. The second-order valence-corrected chi connectivity index (χ2v) is 9.55. The molecule has 0 bridgehead atoms. The largest absolute Gasteiger partial charge is 0.113 e. The van der Waals surface area contributed by atoms with Gasteiger partial charge >= 0.3 is 0 Å². The van der Waals surface area contributed by atoms with E-state index in [4.69, 9.17) is 0 Å². The van der Waals surface area contributed by atoms with Gasteiger partial charge in [-0.25, -0.2) is 0 Å². The molecular weight excluding hydrogens is 208 g/mol. The Labute approximate surface area is 98.0 Å². The molecule has 0 amide bonds. The first-order chi connectivity index (χ1) is 7.60. The Kier molecular flexibility index (Phi) is 1.90. The van der Waals surface area contributed by atoms with Crippen molar-refractivity contribution in [2.24, 2.45) is 0 Å². The van der Waals surface area contributed by atoms with Crippen LogP contribution in [-0.2, 0) is 0 Å². The number of rotatable bonds is 0. The fraction of sp³-hybridized carbons (Fsp3) is 0.200. The number of benzene rings is 2. The normalized spacial score (nSPS) is 15.7. The topological polar surface area (TPSA) is 0 Å². The monoisotopic (exact) mass is 224 g/mol. The van der Waals surface area contributed by atoms with Gasteiger partial charge < -0.3 is 0 Å². The highest BCUT2D eigenvalue weighted by Gasteiger charge is 2.36. The average Bonchev–Trinajstić information content (AvgIpc) is 2.49. The second kappa shape index (κ2) is 3.08. The fourth-order valence-corrected chi connectivity index (χ4v) is 5.91. The van der Waals surface area contributed by atoms with Crippen molar-refractivity contribution >= 4 is 18.4 Å². The summed E-state index contributed by atoms with van der Waals surface area (Å²) >= 11 is 0. The van der Waals surface area contributed by atoms with Crippen molar-refractivity contribution in [3.63, 3.8) is 0 Å². The van der Waals surface area contributed by atoms with Gasteiger partial charge in [0.25, 0.3) is 0 Å². The van der Waals surface area contributed by atoms with Crippen LogP contribution in [0, 0.1) is 6.92 Å². The molecular formula is C15H16Si. The van der Waals surface area contributed by atoms with Crippen LogP contribution in [0.2, 0.25) is 13.1 Å². The van der Waals surface area contributed by atoms with Gasteiger partial charge in [0, 0.05) is 0 Å². The van der Waals surface area contributed by atoms with E-state index in [9.17, 15) is 0 Å². The molecule has 0 saturated heterocycles. The van der Waals surface area contributed by atoms with Crippen LogP contribution in [-0.4, -0.2) is 8.07 Å². The van der Waals surface area contributed by atoms with Gasteiger partial charge in [0.15, 0.2) is 0 Å². The van der Waals surface area contributed by atoms with Crippen LogP contribution in [0.1, 0.15) is 5.56 Å². The minimum Gasteiger partial charge on any atom is -0.0623 e. The fourth-order valence-electron chi connectivity index (χ4n) is 2.83. The molecule has 1 aliphatic heterocycles. The summed E-state index contributed by atoms with van der Waals surface area (Å²) < 4.78 is 0. The van der Waals surface area contributed by atoms with Crippen LogP contribution in [0.15, 0.2) is 42.5 Å². The van der Waals surface area contributed by atoms with E-state index in [1.54, 1.807) is 10.4 Å². The molecule has 0 spiro atoms. The van der Waals surface area contributed by atoms with Gasteiger partial charge in [0.2, 0.25) is 0 Å². The first kappa shape index (κ1) is 9.85. The highest BCUT2D eigenvalue weighted by molar-refractivity contribution is 7.03. The van der Waals surface area contributed by atoms with Crippen molar-refractivity contribution < 1.29 is 0 Å². The van der Waals surface area contributed by atoms with Crippen LogP contribution in [0.4, 0.5) is 0 Å². The van der Waals surface area contributed by atoms with E-state index in [0.29, 0.717) is 0 Å². The Balaban J connectivity index is 2.40. The second-order valence-electron chi connectivity index (χ2n) is 5.22. The van der Waals surface area contributed by atoms with E-state index in [-0.39, 0.29) is 0 Å². The molecule has 3 rings (SSSR count). The highest BCUT2D eigenvalue weighted by atomic mass is 28.3. The third-order valence-electron chi connectivity index (χ3n) is 3.74. The molecule has 0 radical (unpaired) electrons. The summed E-state index contributed by atoms with van der Waals surface area (Å²) in [6.45, 7) is 7.08. The molecule has 0 fully saturated rings. The molecule has 2 aromatic rings. The van der Waals surface area contributed by atoms with Crippen molar-refractivity contribution in [2.75, 3.05) is 0 Å². The molecule has 80 valence electrons. The third-order valence-corrected chi connectivity index (χ3v) is 7.30. The maximum atomic E-state index is 2.45. The smallest absolute Gasteiger partial charge is 0.0623 e. The Morgan fingerprint density at radius 3 is 2.31 bits per heavy atom. The van der Waals surface area contributed by atoms with Gasteiger partial charge in [-0.05, 0) is 28.4 Å². The summed E-state index contributed by atoms with van der Waals surface area (Å²) in [6.07, 6.45) is 0. The molecule has 1 aliphatic rings. The van der Waals surface area contributed by atoms with E-state index < -0.39 is 8.07 Å². The van der Waals surface area contributed by atoms with Crippen molar-refractivity contribution in [3.8, 4) is 11.1 Å². The van der Waals surface area contributed by atoms with E-state index >= 15 is 0 Å². The predicted molar refractivity (Wildman–Crippen MR) is 73.4 cm³/mol. The molecule has 1 heterocycles. The van der Waals surface area contributed by atoms with Gasteiger partial charge in [-0.2, -0.15) is 0 Å². The molecule has 0 unspecified atom stereocenters. The molecule has 0 aromatic heterocycles. The summed E-state index contributed by atoms with van der Waals surface area (Å²) in [5.41, 5.74) is 4.31. The number of aryl methyl sites for hydroxylation is 1. The Morgan fingerprint density at radius 2 is 1.50 bits per heavy atom. The Bertz CT molecular complexity index is 567. The van der Waals surface area contributed by atoms with Gasteiger partial charge in [-0.15, -0.1) is 0 Å². The zero-order valence-electron chi connectivity index (χ0n) is 10.0. The first-order valence-electron chi connectivity index (χ1n) is 5.82. The summed E-state index contributed by atoms with van der Waals surface area (Å²) in [5, 5.41) is 3.19. The lowest BCUT2D eigenvalue weighted by Crippen LogP contribution is -2.49. The lowest BCUT2D eigenvalue weighted by atomic mass is 10.0. The highest BCUT2D eigenvalue weighted by Crippen LogP contribution is 2.28. The van der Waals surface area contributed by atoms with Crippen LogP contribution < -0.4 is 10.4 Å². The van der Waals surface area contributed by atoms with Crippen LogP contribution >= 0.6 is 0 Å². The molecule has 2 aromatic carbocycles.